The van der Waals surface area contributed by atoms with Gasteiger partial charge in [0.05, 0.1) is 19.6 Å². The van der Waals surface area contributed by atoms with E-state index in [1.165, 1.54) is 0 Å². The van der Waals surface area contributed by atoms with Gasteiger partial charge in [-0.25, -0.2) is 0 Å². The molecule has 2 N–H and O–H groups in total. The normalized spacial score (nSPS) is 29.0. The number of aliphatic hydroxyl groups excluding tert-OH is 1. The molecule has 1 aliphatic carbocycles. The molecule has 0 aliphatic heterocycles. The van der Waals surface area contributed by atoms with Gasteiger partial charge in [0.2, 0.25) is 0 Å². The molecule has 0 amide bonds. The average molecular weight is 243 g/mol. The van der Waals surface area contributed by atoms with Crippen molar-refractivity contribution in [2.75, 3.05) is 19.8 Å². The van der Waals surface area contributed by atoms with Gasteiger partial charge in [0.1, 0.15) is 0 Å². The monoisotopic (exact) mass is 243 g/mol. The zero-order valence-corrected chi connectivity index (χ0v) is 11.0. The van der Waals surface area contributed by atoms with Gasteiger partial charge in [-0.3, -0.25) is 4.79 Å². The number of esters is 1. The first-order chi connectivity index (χ1) is 8.12. The van der Waals surface area contributed by atoms with Crippen molar-refractivity contribution in [3.63, 3.8) is 0 Å². The molecule has 0 bridgehead atoms. The van der Waals surface area contributed by atoms with E-state index in [0.717, 1.165) is 31.6 Å². The van der Waals surface area contributed by atoms with Crippen molar-refractivity contribution >= 4 is 5.97 Å². The van der Waals surface area contributed by atoms with E-state index in [2.05, 4.69) is 12.2 Å². The van der Waals surface area contributed by atoms with Crippen molar-refractivity contribution < 1.29 is 14.6 Å². The minimum atomic E-state index is -0.169. The fourth-order valence-electron chi connectivity index (χ4n) is 2.37. The third kappa shape index (κ3) is 4.64. The maximum Gasteiger partial charge on any atom is 0.307 e. The van der Waals surface area contributed by atoms with Crippen LogP contribution < -0.4 is 5.32 Å². The lowest BCUT2D eigenvalue weighted by Gasteiger charge is -2.39. The van der Waals surface area contributed by atoms with Crippen molar-refractivity contribution in [2.45, 2.75) is 51.5 Å². The minimum absolute atomic E-state index is 0.155. The van der Waals surface area contributed by atoms with Gasteiger partial charge in [-0.15, -0.1) is 0 Å². The van der Waals surface area contributed by atoms with E-state index in [1.807, 2.05) is 6.92 Å². The lowest BCUT2D eigenvalue weighted by atomic mass is 9.77. The van der Waals surface area contributed by atoms with Crippen molar-refractivity contribution in [1.82, 2.24) is 5.32 Å². The number of hydrogen-bond acceptors (Lipinski definition) is 4. The molecule has 100 valence electrons. The van der Waals surface area contributed by atoms with Gasteiger partial charge in [-0.05, 0) is 38.5 Å². The maximum absolute atomic E-state index is 11.2. The molecule has 4 nitrogen and oxygen atoms in total. The summed E-state index contributed by atoms with van der Waals surface area (Å²) in [6.45, 7) is 5.24. The number of nitrogens with one attached hydrogen (secondary N) is 1. The molecule has 0 unspecified atom stereocenters. The van der Waals surface area contributed by atoms with Crippen LogP contribution in [0.3, 0.4) is 0 Å². The molecule has 0 radical (unpaired) electrons. The second kappa shape index (κ2) is 6.97. The SMILES string of the molecule is CCOC(=O)CCNC1(CO)CCC(C)CC1. The first-order valence-electron chi connectivity index (χ1n) is 6.63. The molecule has 1 rings (SSSR count). The highest BCUT2D eigenvalue weighted by atomic mass is 16.5. The van der Waals surface area contributed by atoms with Crippen LogP contribution >= 0.6 is 0 Å². The Morgan fingerprint density at radius 3 is 2.65 bits per heavy atom. The molecule has 0 aromatic carbocycles. The largest absolute Gasteiger partial charge is 0.466 e. The molecule has 0 spiro atoms. The molecular weight excluding hydrogens is 218 g/mol. The molecule has 1 saturated carbocycles. The smallest absolute Gasteiger partial charge is 0.307 e. The average Bonchev–Trinajstić information content (AvgIpc) is 2.32. The summed E-state index contributed by atoms with van der Waals surface area (Å²) in [6, 6.07) is 0. The number of carbonyl (C=O) groups excluding carboxylic acids is 1. The fourth-order valence-corrected chi connectivity index (χ4v) is 2.37. The van der Waals surface area contributed by atoms with E-state index in [4.69, 9.17) is 4.74 Å². The van der Waals surface area contributed by atoms with Gasteiger partial charge in [0.15, 0.2) is 0 Å². The zero-order chi connectivity index (χ0) is 12.7. The molecule has 0 saturated heterocycles. The Labute approximate surface area is 104 Å². The highest BCUT2D eigenvalue weighted by molar-refractivity contribution is 5.69. The van der Waals surface area contributed by atoms with Crippen LogP contribution in [0.25, 0.3) is 0 Å². The summed E-state index contributed by atoms with van der Waals surface area (Å²) in [5.74, 6) is 0.582. The van der Waals surface area contributed by atoms with E-state index in [0.29, 0.717) is 19.6 Å². The highest BCUT2D eigenvalue weighted by Gasteiger charge is 2.32. The quantitative estimate of drug-likeness (QED) is 0.694. The van der Waals surface area contributed by atoms with Gasteiger partial charge in [0.25, 0.3) is 0 Å². The summed E-state index contributed by atoms with van der Waals surface area (Å²) >= 11 is 0. The molecular formula is C13H25NO3. The first-order valence-corrected chi connectivity index (χ1v) is 6.63. The van der Waals surface area contributed by atoms with Gasteiger partial charge in [-0.1, -0.05) is 6.92 Å². The van der Waals surface area contributed by atoms with Crippen LogP contribution in [0.1, 0.15) is 46.0 Å². The van der Waals surface area contributed by atoms with Crippen LogP contribution in [0.2, 0.25) is 0 Å². The lowest BCUT2D eigenvalue weighted by Crippen LogP contribution is -2.51. The van der Waals surface area contributed by atoms with Crippen molar-refractivity contribution in [3.8, 4) is 0 Å². The Hall–Kier alpha value is -0.610. The summed E-state index contributed by atoms with van der Waals surface area (Å²) in [6.07, 6.45) is 4.66. The predicted molar refractivity (Wildman–Crippen MR) is 66.7 cm³/mol. The maximum atomic E-state index is 11.2. The molecule has 0 aromatic rings. The summed E-state index contributed by atoms with van der Waals surface area (Å²) in [5.41, 5.74) is -0.168. The summed E-state index contributed by atoms with van der Waals surface area (Å²) in [7, 11) is 0. The van der Waals surface area contributed by atoms with Gasteiger partial charge < -0.3 is 15.2 Å². The van der Waals surface area contributed by atoms with Crippen LogP contribution in [0, 0.1) is 5.92 Å². The van der Waals surface area contributed by atoms with E-state index in [1.54, 1.807) is 0 Å². The van der Waals surface area contributed by atoms with Gasteiger partial charge in [0, 0.05) is 12.1 Å². The van der Waals surface area contributed by atoms with Crippen LogP contribution in [0.4, 0.5) is 0 Å². The molecule has 0 heterocycles. The van der Waals surface area contributed by atoms with E-state index in [-0.39, 0.29) is 18.1 Å². The number of carbonyl (C=O) groups is 1. The summed E-state index contributed by atoms with van der Waals surface area (Å²) < 4.78 is 4.87. The minimum Gasteiger partial charge on any atom is -0.466 e. The number of hydrogen-bond donors (Lipinski definition) is 2. The summed E-state index contributed by atoms with van der Waals surface area (Å²) in [4.78, 5) is 11.2. The van der Waals surface area contributed by atoms with Crippen molar-refractivity contribution in [3.05, 3.63) is 0 Å². The number of ether oxygens (including phenoxy) is 1. The van der Waals surface area contributed by atoms with E-state index < -0.39 is 0 Å². The topological polar surface area (TPSA) is 58.6 Å². The van der Waals surface area contributed by atoms with Crippen LogP contribution in [-0.2, 0) is 9.53 Å². The molecule has 0 atom stereocenters. The Kier molecular flexibility index (Phi) is 5.92. The second-order valence-corrected chi connectivity index (χ2v) is 5.10. The van der Waals surface area contributed by atoms with Gasteiger partial charge in [-0.2, -0.15) is 0 Å². The second-order valence-electron chi connectivity index (χ2n) is 5.10. The Balaban J connectivity index is 2.29. The zero-order valence-electron chi connectivity index (χ0n) is 11.0. The van der Waals surface area contributed by atoms with E-state index >= 15 is 0 Å². The molecule has 17 heavy (non-hydrogen) atoms. The third-order valence-corrected chi connectivity index (χ3v) is 3.67. The number of rotatable bonds is 6. The Morgan fingerprint density at radius 2 is 2.12 bits per heavy atom. The lowest BCUT2D eigenvalue weighted by molar-refractivity contribution is -0.143. The molecule has 4 heteroatoms. The molecule has 1 aliphatic rings. The fraction of sp³-hybridized carbons (Fsp3) is 0.923. The van der Waals surface area contributed by atoms with Crippen molar-refractivity contribution in [1.29, 1.82) is 0 Å². The van der Waals surface area contributed by atoms with Gasteiger partial charge >= 0.3 is 5.97 Å². The number of aliphatic hydroxyl groups is 1. The summed E-state index contributed by atoms with van der Waals surface area (Å²) in [5, 5.41) is 12.9. The molecule has 1 fully saturated rings. The predicted octanol–water partition coefficient (Wildman–Crippen LogP) is 1.47. The Bertz CT molecular complexity index is 235. The standard InChI is InChI=1S/C13H25NO3/c1-3-17-12(16)6-9-14-13(10-15)7-4-11(2)5-8-13/h11,14-15H,3-10H2,1-2H3. The highest BCUT2D eigenvalue weighted by Crippen LogP contribution is 2.31. The Morgan fingerprint density at radius 1 is 1.47 bits per heavy atom. The van der Waals surface area contributed by atoms with Crippen molar-refractivity contribution in [2.24, 2.45) is 5.92 Å². The van der Waals surface area contributed by atoms with Crippen LogP contribution in [0.5, 0.6) is 0 Å². The molecule has 0 aromatic heterocycles. The van der Waals surface area contributed by atoms with Crippen LogP contribution in [0.15, 0.2) is 0 Å². The van der Waals surface area contributed by atoms with E-state index in [9.17, 15) is 9.90 Å². The van der Waals surface area contributed by atoms with Crippen LogP contribution in [-0.4, -0.2) is 36.4 Å². The third-order valence-electron chi connectivity index (χ3n) is 3.67. The first kappa shape index (κ1) is 14.5.